The van der Waals surface area contributed by atoms with Gasteiger partial charge in [0.15, 0.2) is 0 Å². The van der Waals surface area contributed by atoms with E-state index in [0.717, 1.165) is 26.2 Å². The van der Waals surface area contributed by atoms with Crippen molar-refractivity contribution in [3.05, 3.63) is 59.7 Å². The number of benzene rings is 2. The van der Waals surface area contributed by atoms with Crippen molar-refractivity contribution in [2.75, 3.05) is 57.3 Å². The lowest BCUT2D eigenvalue weighted by Gasteiger charge is -2.39. The standard InChI is InChI=1S/C29H31ClFN5O4/c1-38-12-18-6-8-36(18)7-2-3-28(37)35-26-10-19-25(11-27(26)40-15-22-20-13-39-14-21(20)22)32-16-33-29(19)34-17-4-5-24(31)23(30)9-17/h2-5,9-11,16,18,20-22H,6-8,12-15H2,1H3,(H,35,37)(H,32,33,34)/t18?,20-,21?,22?/m0/s1. The fourth-order valence-corrected chi connectivity index (χ4v) is 5.67. The number of ether oxygens (including phenoxy) is 3. The van der Waals surface area contributed by atoms with Gasteiger partial charge < -0.3 is 24.8 Å². The van der Waals surface area contributed by atoms with Crippen LogP contribution in [0.4, 0.5) is 21.6 Å². The molecule has 0 bridgehead atoms. The van der Waals surface area contributed by atoms with Gasteiger partial charge in [0.05, 0.1) is 42.7 Å². The van der Waals surface area contributed by atoms with Gasteiger partial charge in [-0.25, -0.2) is 14.4 Å². The van der Waals surface area contributed by atoms with E-state index in [1.54, 1.807) is 25.3 Å². The van der Waals surface area contributed by atoms with E-state index in [2.05, 4.69) is 25.5 Å². The Balaban J connectivity index is 1.22. The lowest BCUT2D eigenvalue weighted by Crippen LogP contribution is -2.50. The van der Waals surface area contributed by atoms with Crippen LogP contribution in [0.2, 0.25) is 5.02 Å². The second-order valence-corrected chi connectivity index (χ2v) is 10.9. The number of aromatic nitrogens is 2. The molecule has 9 nitrogen and oxygen atoms in total. The number of nitrogens with one attached hydrogen (secondary N) is 2. The summed E-state index contributed by atoms with van der Waals surface area (Å²) < 4.78 is 30.7. The number of amides is 1. The fraction of sp³-hybridized carbons (Fsp3) is 0.414. The Kier molecular flexibility index (Phi) is 7.84. The second kappa shape index (κ2) is 11.7. The van der Waals surface area contributed by atoms with Crippen molar-refractivity contribution in [1.29, 1.82) is 0 Å². The molecule has 2 aliphatic heterocycles. The number of anilines is 3. The van der Waals surface area contributed by atoms with Gasteiger partial charge in [-0.05, 0) is 42.5 Å². The molecule has 1 amide bonds. The van der Waals surface area contributed by atoms with Gasteiger partial charge in [-0.2, -0.15) is 0 Å². The van der Waals surface area contributed by atoms with Crippen LogP contribution in [0.1, 0.15) is 6.42 Å². The van der Waals surface area contributed by atoms with Crippen LogP contribution in [-0.4, -0.2) is 73.4 Å². The van der Waals surface area contributed by atoms with Crippen LogP contribution in [0.3, 0.4) is 0 Å². The van der Waals surface area contributed by atoms with E-state index in [1.807, 2.05) is 12.1 Å². The zero-order valence-electron chi connectivity index (χ0n) is 22.1. The summed E-state index contributed by atoms with van der Waals surface area (Å²) in [4.78, 5) is 24.0. The number of likely N-dealkylation sites (tertiary alicyclic amines) is 1. The van der Waals surface area contributed by atoms with Gasteiger partial charge in [0.2, 0.25) is 5.91 Å². The third-order valence-corrected chi connectivity index (χ3v) is 8.26. The maximum absolute atomic E-state index is 13.7. The molecule has 2 aromatic carbocycles. The molecule has 210 valence electrons. The van der Waals surface area contributed by atoms with E-state index >= 15 is 0 Å². The molecule has 3 heterocycles. The minimum Gasteiger partial charge on any atom is -0.491 e. The number of nitrogens with zero attached hydrogens (tertiary/aromatic N) is 3. The molecule has 6 rings (SSSR count). The summed E-state index contributed by atoms with van der Waals surface area (Å²) in [5.74, 6) is 1.81. The van der Waals surface area contributed by atoms with Crippen molar-refractivity contribution >= 4 is 45.6 Å². The van der Waals surface area contributed by atoms with Crippen LogP contribution in [0.15, 0.2) is 48.8 Å². The Labute approximate surface area is 236 Å². The molecule has 40 heavy (non-hydrogen) atoms. The molecule has 3 fully saturated rings. The second-order valence-electron chi connectivity index (χ2n) is 10.5. The molecule has 3 aromatic rings. The molecule has 1 aromatic heterocycles. The van der Waals surface area contributed by atoms with Crippen molar-refractivity contribution in [3.63, 3.8) is 0 Å². The molecular weight excluding hydrogens is 537 g/mol. The monoisotopic (exact) mass is 567 g/mol. The number of carbonyl (C=O) groups excluding carboxylic acids is 1. The van der Waals surface area contributed by atoms with Gasteiger partial charge in [-0.3, -0.25) is 9.69 Å². The molecule has 4 atom stereocenters. The van der Waals surface area contributed by atoms with Crippen LogP contribution in [0, 0.1) is 23.6 Å². The van der Waals surface area contributed by atoms with Crippen LogP contribution in [-0.2, 0) is 14.3 Å². The Bertz CT molecular complexity index is 1430. The third kappa shape index (κ3) is 5.76. The van der Waals surface area contributed by atoms with Crippen LogP contribution >= 0.6 is 11.6 Å². The maximum atomic E-state index is 13.7. The summed E-state index contributed by atoms with van der Waals surface area (Å²) in [5, 5.41) is 6.82. The van der Waals surface area contributed by atoms with Crippen molar-refractivity contribution in [2.24, 2.45) is 17.8 Å². The largest absolute Gasteiger partial charge is 0.491 e. The Hall–Kier alpha value is -3.31. The predicted molar refractivity (Wildman–Crippen MR) is 151 cm³/mol. The van der Waals surface area contributed by atoms with Crippen LogP contribution < -0.4 is 15.4 Å². The molecule has 0 radical (unpaired) electrons. The topological polar surface area (TPSA) is 97.8 Å². The van der Waals surface area contributed by atoms with Gasteiger partial charge >= 0.3 is 0 Å². The van der Waals surface area contributed by atoms with Crippen LogP contribution in [0.5, 0.6) is 5.75 Å². The van der Waals surface area contributed by atoms with E-state index in [4.69, 9.17) is 25.8 Å². The lowest BCUT2D eigenvalue weighted by molar-refractivity contribution is -0.112. The smallest absolute Gasteiger partial charge is 0.248 e. The molecule has 2 saturated heterocycles. The fourth-order valence-electron chi connectivity index (χ4n) is 5.49. The average molecular weight is 568 g/mol. The van der Waals surface area contributed by atoms with Gasteiger partial charge in [-0.15, -0.1) is 0 Å². The minimum atomic E-state index is -0.505. The Morgan fingerprint density at radius 1 is 1.23 bits per heavy atom. The minimum absolute atomic E-state index is 0.000739. The first-order valence-corrected chi connectivity index (χ1v) is 13.8. The van der Waals surface area contributed by atoms with E-state index < -0.39 is 5.82 Å². The summed E-state index contributed by atoms with van der Waals surface area (Å²) in [6, 6.07) is 8.35. The highest BCUT2D eigenvalue weighted by Gasteiger charge is 2.54. The molecule has 1 aliphatic carbocycles. The Morgan fingerprint density at radius 3 is 2.83 bits per heavy atom. The van der Waals surface area contributed by atoms with Crippen LogP contribution in [0.25, 0.3) is 10.9 Å². The third-order valence-electron chi connectivity index (χ3n) is 7.97. The molecule has 11 heteroatoms. The molecule has 2 N–H and O–H groups in total. The van der Waals surface area contributed by atoms with Gasteiger partial charge in [0.1, 0.15) is 23.7 Å². The van der Waals surface area contributed by atoms with E-state index in [-0.39, 0.29) is 10.9 Å². The van der Waals surface area contributed by atoms with Crippen molar-refractivity contribution in [1.82, 2.24) is 14.9 Å². The van der Waals surface area contributed by atoms with Gasteiger partial charge in [0, 0.05) is 55.4 Å². The molecule has 1 saturated carbocycles. The Morgan fingerprint density at radius 2 is 2.08 bits per heavy atom. The first-order chi connectivity index (χ1) is 19.5. The summed E-state index contributed by atoms with van der Waals surface area (Å²) in [5.41, 5.74) is 1.72. The summed E-state index contributed by atoms with van der Waals surface area (Å²) >= 11 is 5.96. The summed E-state index contributed by atoms with van der Waals surface area (Å²) in [6.07, 6.45) is 5.94. The number of methoxy groups -OCH3 is 1. The first kappa shape index (κ1) is 26.9. The lowest BCUT2D eigenvalue weighted by atomic mass is 10.0. The van der Waals surface area contributed by atoms with Gasteiger partial charge in [0.25, 0.3) is 0 Å². The zero-order valence-corrected chi connectivity index (χ0v) is 22.9. The number of hydrogen-bond donors (Lipinski definition) is 2. The first-order valence-electron chi connectivity index (χ1n) is 13.4. The zero-order chi connectivity index (χ0) is 27.6. The number of rotatable bonds is 11. The van der Waals surface area contributed by atoms with E-state index in [0.29, 0.717) is 77.4 Å². The molecular formula is C29H31ClFN5O4. The number of hydrogen-bond acceptors (Lipinski definition) is 8. The predicted octanol–water partition coefficient (Wildman–Crippen LogP) is 4.65. The normalized spacial score (nSPS) is 23.7. The molecule has 3 unspecified atom stereocenters. The average Bonchev–Trinajstić information content (AvgIpc) is 3.35. The number of fused-ring (bicyclic) bond motifs is 2. The van der Waals surface area contributed by atoms with Gasteiger partial charge in [-0.1, -0.05) is 17.7 Å². The number of halogens is 2. The van der Waals surface area contributed by atoms with E-state index in [1.165, 1.54) is 18.5 Å². The van der Waals surface area contributed by atoms with Crippen molar-refractivity contribution < 1.29 is 23.4 Å². The quantitative estimate of drug-likeness (QED) is 0.323. The van der Waals surface area contributed by atoms with Crippen molar-refractivity contribution in [2.45, 2.75) is 12.5 Å². The molecule has 0 spiro atoms. The van der Waals surface area contributed by atoms with Crippen molar-refractivity contribution in [3.8, 4) is 5.75 Å². The number of carbonyl (C=O) groups is 1. The highest BCUT2D eigenvalue weighted by Crippen LogP contribution is 2.51. The molecule has 3 aliphatic rings. The van der Waals surface area contributed by atoms with E-state index in [9.17, 15) is 9.18 Å². The summed E-state index contributed by atoms with van der Waals surface area (Å²) in [6.45, 7) is 4.47. The summed E-state index contributed by atoms with van der Waals surface area (Å²) in [7, 11) is 1.70. The highest BCUT2D eigenvalue weighted by atomic mass is 35.5. The highest BCUT2D eigenvalue weighted by molar-refractivity contribution is 6.31. The SMILES string of the molecule is COCC1CCN1CC=CC(=O)Nc1cc2c(Nc3ccc(F)c(Cl)c3)ncnc2cc1OCC1C2COC[C@@H]21. The maximum Gasteiger partial charge on any atom is 0.248 e.